The quantitative estimate of drug-likeness (QED) is 0.720. The maximum atomic E-state index is 12.0. The van der Waals surface area contributed by atoms with Gasteiger partial charge in [-0.3, -0.25) is 4.79 Å². The first-order chi connectivity index (χ1) is 9.69. The fourth-order valence-electron chi connectivity index (χ4n) is 2.17. The predicted octanol–water partition coefficient (Wildman–Crippen LogP) is 1.17. The Morgan fingerprint density at radius 1 is 1.30 bits per heavy atom. The molecule has 0 saturated heterocycles. The lowest BCUT2D eigenvalue weighted by Gasteiger charge is -2.27. The summed E-state index contributed by atoms with van der Waals surface area (Å²) < 4.78 is 5.13. The summed E-state index contributed by atoms with van der Waals surface area (Å²) in [6, 6.07) is 7.13. The van der Waals surface area contributed by atoms with Gasteiger partial charge in [-0.2, -0.15) is 0 Å². The topological polar surface area (TPSA) is 79.0 Å². The van der Waals surface area contributed by atoms with E-state index >= 15 is 0 Å². The molecule has 2 heterocycles. The van der Waals surface area contributed by atoms with Crippen LogP contribution in [0.15, 0.2) is 35.4 Å². The highest BCUT2D eigenvalue weighted by Crippen LogP contribution is 2.28. The second kappa shape index (κ2) is 4.93. The van der Waals surface area contributed by atoms with Gasteiger partial charge in [0.2, 0.25) is 0 Å². The van der Waals surface area contributed by atoms with Crippen molar-refractivity contribution in [1.29, 1.82) is 0 Å². The predicted molar refractivity (Wildman–Crippen MR) is 79.1 cm³/mol. The molecule has 3 N–H and O–H groups in total. The molecule has 3 rings (SSSR count). The SMILES string of the molecule is COc1ccc(C2NC(=S)Nc3nc[nH]c(=O)c32)cc1. The normalized spacial score (nSPS) is 16.9. The van der Waals surface area contributed by atoms with Crippen molar-refractivity contribution < 1.29 is 4.74 Å². The Balaban J connectivity index is 2.10. The van der Waals surface area contributed by atoms with Gasteiger partial charge in [-0.15, -0.1) is 0 Å². The van der Waals surface area contributed by atoms with Crippen molar-refractivity contribution in [1.82, 2.24) is 15.3 Å². The summed E-state index contributed by atoms with van der Waals surface area (Å²) in [6.45, 7) is 0. The Morgan fingerprint density at radius 2 is 2.05 bits per heavy atom. The number of aromatic nitrogens is 2. The molecule has 6 nitrogen and oxygen atoms in total. The standard InChI is InChI=1S/C13H12N4O2S/c1-19-8-4-2-7(3-5-8)10-9-11(17-13(20)16-10)14-6-15-12(9)18/h2-6,10H,1H3,(H3,14,15,16,17,18,20). The average Bonchev–Trinajstić information content (AvgIpc) is 2.46. The number of methoxy groups -OCH3 is 1. The maximum Gasteiger partial charge on any atom is 0.258 e. The van der Waals surface area contributed by atoms with E-state index in [1.165, 1.54) is 6.33 Å². The van der Waals surface area contributed by atoms with Gasteiger partial charge in [0.1, 0.15) is 11.6 Å². The van der Waals surface area contributed by atoms with Crippen molar-refractivity contribution >= 4 is 23.1 Å². The van der Waals surface area contributed by atoms with Crippen molar-refractivity contribution in [3.63, 3.8) is 0 Å². The first-order valence-corrected chi connectivity index (χ1v) is 6.39. The number of hydrogen-bond acceptors (Lipinski definition) is 4. The molecule has 102 valence electrons. The fourth-order valence-corrected chi connectivity index (χ4v) is 2.39. The molecule has 2 aromatic rings. The van der Waals surface area contributed by atoms with Crippen molar-refractivity contribution in [3.05, 3.63) is 52.1 Å². The van der Waals surface area contributed by atoms with Gasteiger partial charge < -0.3 is 20.4 Å². The Hall–Kier alpha value is -2.41. The fraction of sp³-hybridized carbons (Fsp3) is 0.154. The third-order valence-electron chi connectivity index (χ3n) is 3.13. The number of nitrogens with one attached hydrogen (secondary N) is 3. The summed E-state index contributed by atoms with van der Waals surface area (Å²) in [5, 5.41) is 6.42. The van der Waals surface area contributed by atoms with Gasteiger partial charge in [-0.1, -0.05) is 12.1 Å². The van der Waals surface area contributed by atoms with Gasteiger partial charge in [0.25, 0.3) is 5.56 Å². The molecule has 1 aromatic carbocycles. The van der Waals surface area contributed by atoms with Crippen LogP contribution in [0.5, 0.6) is 5.75 Å². The van der Waals surface area contributed by atoms with Crippen LogP contribution in [0.4, 0.5) is 5.82 Å². The number of H-pyrrole nitrogens is 1. The number of hydrogen-bond donors (Lipinski definition) is 3. The molecular formula is C13H12N4O2S. The van der Waals surface area contributed by atoms with E-state index < -0.39 is 0 Å². The maximum absolute atomic E-state index is 12.0. The summed E-state index contributed by atoms with van der Waals surface area (Å²) in [7, 11) is 1.61. The molecule has 7 heteroatoms. The molecule has 1 unspecified atom stereocenters. The van der Waals surface area contributed by atoms with Crippen molar-refractivity contribution in [2.24, 2.45) is 0 Å². The van der Waals surface area contributed by atoms with Crippen LogP contribution < -0.4 is 20.9 Å². The molecule has 0 fully saturated rings. The second-order valence-corrected chi connectivity index (χ2v) is 4.71. The first-order valence-electron chi connectivity index (χ1n) is 5.98. The van der Waals surface area contributed by atoms with Gasteiger partial charge in [-0.25, -0.2) is 4.98 Å². The monoisotopic (exact) mass is 288 g/mol. The molecule has 0 spiro atoms. The summed E-state index contributed by atoms with van der Waals surface area (Å²) in [6.07, 6.45) is 1.35. The Morgan fingerprint density at radius 3 is 2.75 bits per heavy atom. The van der Waals surface area contributed by atoms with Crippen LogP contribution in [-0.4, -0.2) is 22.2 Å². The Labute approximate surface area is 120 Å². The number of fused-ring (bicyclic) bond motifs is 1. The molecule has 1 aliphatic rings. The highest BCUT2D eigenvalue weighted by atomic mass is 32.1. The molecule has 0 amide bonds. The van der Waals surface area contributed by atoms with Crippen molar-refractivity contribution in [2.45, 2.75) is 6.04 Å². The van der Waals surface area contributed by atoms with E-state index in [2.05, 4.69) is 20.6 Å². The van der Waals surface area contributed by atoms with Crippen LogP contribution in [0.3, 0.4) is 0 Å². The van der Waals surface area contributed by atoms with Crippen LogP contribution in [0.1, 0.15) is 17.2 Å². The summed E-state index contributed by atoms with van der Waals surface area (Å²) in [5.41, 5.74) is 1.24. The van der Waals surface area contributed by atoms with Gasteiger partial charge in [0.15, 0.2) is 5.11 Å². The van der Waals surface area contributed by atoms with E-state index in [-0.39, 0.29) is 11.6 Å². The Bertz CT molecular complexity index is 711. The van der Waals surface area contributed by atoms with E-state index in [9.17, 15) is 4.79 Å². The lowest BCUT2D eigenvalue weighted by atomic mass is 9.99. The van der Waals surface area contributed by atoms with Gasteiger partial charge in [0, 0.05) is 0 Å². The highest BCUT2D eigenvalue weighted by molar-refractivity contribution is 7.80. The third-order valence-corrected chi connectivity index (χ3v) is 3.35. The summed E-state index contributed by atoms with van der Waals surface area (Å²) >= 11 is 5.15. The van der Waals surface area contributed by atoms with E-state index in [1.807, 2.05) is 24.3 Å². The van der Waals surface area contributed by atoms with Gasteiger partial charge in [0.05, 0.1) is 25.0 Å². The largest absolute Gasteiger partial charge is 0.497 e. The first kappa shape index (κ1) is 12.6. The van der Waals surface area contributed by atoms with Crippen LogP contribution in [0.25, 0.3) is 0 Å². The van der Waals surface area contributed by atoms with Crippen LogP contribution in [0.2, 0.25) is 0 Å². The van der Waals surface area contributed by atoms with Gasteiger partial charge in [-0.05, 0) is 29.9 Å². The van der Waals surface area contributed by atoms with E-state index in [0.29, 0.717) is 16.5 Å². The number of nitrogens with zero attached hydrogens (tertiary/aromatic N) is 1. The number of aromatic amines is 1. The van der Waals surface area contributed by atoms with Crippen LogP contribution >= 0.6 is 12.2 Å². The smallest absolute Gasteiger partial charge is 0.258 e. The number of thiocarbonyl (C=S) groups is 1. The molecule has 1 atom stereocenters. The number of benzene rings is 1. The number of ether oxygens (including phenoxy) is 1. The molecule has 20 heavy (non-hydrogen) atoms. The molecule has 0 radical (unpaired) electrons. The zero-order chi connectivity index (χ0) is 14.1. The highest BCUT2D eigenvalue weighted by Gasteiger charge is 2.27. The number of anilines is 1. The molecule has 0 aliphatic carbocycles. The molecule has 0 bridgehead atoms. The second-order valence-electron chi connectivity index (χ2n) is 4.30. The third kappa shape index (κ3) is 2.12. The summed E-state index contributed by atoms with van der Waals surface area (Å²) in [5.74, 6) is 1.24. The zero-order valence-electron chi connectivity index (χ0n) is 10.6. The Kier molecular flexibility index (Phi) is 3.11. The van der Waals surface area contributed by atoms with Crippen LogP contribution in [0, 0.1) is 0 Å². The van der Waals surface area contributed by atoms with Gasteiger partial charge >= 0.3 is 0 Å². The van der Waals surface area contributed by atoms with E-state index in [1.54, 1.807) is 7.11 Å². The minimum atomic E-state index is -0.331. The van der Waals surface area contributed by atoms with E-state index in [4.69, 9.17) is 17.0 Å². The number of rotatable bonds is 2. The minimum absolute atomic E-state index is 0.196. The molecule has 1 aliphatic heterocycles. The molecule has 0 saturated carbocycles. The summed E-state index contributed by atoms with van der Waals surface area (Å²) in [4.78, 5) is 18.7. The van der Waals surface area contributed by atoms with Crippen LogP contribution in [-0.2, 0) is 0 Å². The zero-order valence-corrected chi connectivity index (χ0v) is 11.5. The van der Waals surface area contributed by atoms with E-state index in [0.717, 1.165) is 11.3 Å². The average molecular weight is 288 g/mol. The van der Waals surface area contributed by atoms with Crippen molar-refractivity contribution in [3.8, 4) is 5.75 Å². The molecule has 1 aromatic heterocycles. The lowest BCUT2D eigenvalue weighted by Crippen LogP contribution is -2.41. The minimum Gasteiger partial charge on any atom is -0.497 e. The molecular weight excluding hydrogens is 276 g/mol. The van der Waals surface area contributed by atoms with Crippen molar-refractivity contribution in [2.75, 3.05) is 12.4 Å². The lowest BCUT2D eigenvalue weighted by molar-refractivity contribution is 0.414.